The fraction of sp³-hybridized carbons (Fsp3) is 0.200. The number of hydrogen-bond acceptors (Lipinski definition) is 2. The lowest BCUT2D eigenvalue weighted by molar-refractivity contribution is 0.326. The van der Waals surface area contributed by atoms with Crippen molar-refractivity contribution < 1.29 is 9.13 Å². The third-order valence-corrected chi connectivity index (χ3v) is 3.09. The van der Waals surface area contributed by atoms with E-state index in [0.717, 1.165) is 10.1 Å². The largest absolute Gasteiger partial charge is 0.490 e. The minimum atomic E-state index is -0.339. The van der Waals surface area contributed by atoms with Gasteiger partial charge >= 0.3 is 0 Å². The Labute approximate surface area is 90.1 Å². The molecule has 0 saturated carbocycles. The average molecular weight is 231 g/mol. The zero-order chi connectivity index (χ0) is 10.1. The van der Waals surface area contributed by atoms with Crippen molar-refractivity contribution in [3.05, 3.63) is 28.4 Å². The van der Waals surface area contributed by atoms with E-state index in [0.29, 0.717) is 16.7 Å². The normalized spacial score (nSPS) is 10.8. The number of hydrogen-bond donors (Lipinski definition) is 0. The predicted molar refractivity (Wildman–Crippen MR) is 58.0 cm³/mol. The van der Waals surface area contributed by atoms with Crippen molar-refractivity contribution in [1.82, 2.24) is 0 Å². The third-order valence-electron chi connectivity index (χ3n) is 1.86. The van der Waals surface area contributed by atoms with Crippen molar-refractivity contribution >= 4 is 33.0 Å². The number of halogens is 2. The monoisotopic (exact) mass is 230 g/mol. The molecule has 0 aliphatic heterocycles. The van der Waals surface area contributed by atoms with Crippen molar-refractivity contribution in [2.75, 3.05) is 6.61 Å². The topological polar surface area (TPSA) is 9.23 Å². The van der Waals surface area contributed by atoms with Gasteiger partial charge in [-0.3, -0.25) is 0 Å². The minimum absolute atomic E-state index is 0.299. The Morgan fingerprint density at radius 2 is 2.29 bits per heavy atom. The van der Waals surface area contributed by atoms with Gasteiger partial charge in [0, 0.05) is 10.1 Å². The molecule has 0 atom stereocenters. The molecule has 0 N–H and O–H groups in total. The van der Waals surface area contributed by atoms with Crippen molar-refractivity contribution in [2.24, 2.45) is 0 Å². The summed E-state index contributed by atoms with van der Waals surface area (Å²) in [6, 6.07) is 4.85. The van der Waals surface area contributed by atoms with Gasteiger partial charge in [-0.15, -0.1) is 11.3 Å². The van der Waals surface area contributed by atoms with E-state index in [9.17, 15) is 4.39 Å². The van der Waals surface area contributed by atoms with Crippen molar-refractivity contribution in [1.29, 1.82) is 0 Å². The van der Waals surface area contributed by atoms with E-state index in [1.807, 2.05) is 6.92 Å². The molecule has 1 aromatic carbocycles. The Hall–Kier alpha value is -0.800. The second-order valence-electron chi connectivity index (χ2n) is 2.77. The Balaban J connectivity index is 2.68. The first-order valence-corrected chi connectivity index (χ1v) is 5.42. The van der Waals surface area contributed by atoms with Crippen molar-refractivity contribution in [2.45, 2.75) is 6.92 Å². The maximum atomic E-state index is 13.4. The van der Waals surface area contributed by atoms with Gasteiger partial charge in [0.1, 0.15) is 0 Å². The first-order chi connectivity index (χ1) is 6.72. The maximum Gasteiger partial charge on any atom is 0.165 e. The fourth-order valence-corrected chi connectivity index (χ4v) is 2.46. The number of fused-ring (bicyclic) bond motifs is 1. The van der Waals surface area contributed by atoms with Crippen LogP contribution in [0.2, 0.25) is 4.34 Å². The Kier molecular flexibility index (Phi) is 2.61. The Morgan fingerprint density at radius 1 is 1.50 bits per heavy atom. The molecule has 0 bridgehead atoms. The van der Waals surface area contributed by atoms with Gasteiger partial charge in [-0.1, -0.05) is 11.6 Å². The van der Waals surface area contributed by atoms with E-state index in [-0.39, 0.29) is 5.82 Å². The molecule has 1 nitrogen and oxygen atoms in total. The molecule has 0 unspecified atom stereocenters. The first kappa shape index (κ1) is 9.74. The highest BCUT2D eigenvalue weighted by molar-refractivity contribution is 7.22. The summed E-state index contributed by atoms with van der Waals surface area (Å²) in [6.45, 7) is 2.27. The number of thiophene rings is 1. The van der Waals surface area contributed by atoms with Gasteiger partial charge in [0.2, 0.25) is 0 Å². The molecule has 74 valence electrons. The van der Waals surface area contributed by atoms with Crippen LogP contribution in [0.5, 0.6) is 5.75 Å². The van der Waals surface area contributed by atoms with E-state index in [2.05, 4.69) is 0 Å². The van der Waals surface area contributed by atoms with Gasteiger partial charge in [-0.05, 0) is 25.1 Å². The minimum Gasteiger partial charge on any atom is -0.490 e. The highest BCUT2D eigenvalue weighted by Crippen LogP contribution is 2.36. The van der Waals surface area contributed by atoms with E-state index in [4.69, 9.17) is 16.3 Å². The molecule has 0 saturated heterocycles. The fourth-order valence-electron chi connectivity index (χ4n) is 1.32. The second kappa shape index (κ2) is 3.75. The molecular formula is C10H8ClFOS. The molecule has 0 aliphatic carbocycles. The summed E-state index contributed by atoms with van der Waals surface area (Å²) >= 11 is 7.27. The quantitative estimate of drug-likeness (QED) is 0.755. The van der Waals surface area contributed by atoms with Crippen LogP contribution >= 0.6 is 22.9 Å². The SMILES string of the molecule is CCOc1c(F)ccc2sc(Cl)cc12. The van der Waals surface area contributed by atoms with Crippen molar-refractivity contribution in [3.8, 4) is 5.75 Å². The number of benzene rings is 1. The summed E-state index contributed by atoms with van der Waals surface area (Å²) in [5, 5.41) is 0.752. The number of rotatable bonds is 2. The van der Waals surface area contributed by atoms with Crippen LogP contribution < -0.4 is 4.74 Å². The summed E-state index contributed by atoms with van der Waals surface area (Å²) in [4.78, 5) is 0. The molecule has 14 heavy (non-hydrogen) atoms. The third kappa shape index (κ3) is 1.57. The smallest absolute Gasteiger partial charge is 0.165 e. The maximum absolute atomic E-state index is 13.4. The molecule has 4 heteroatoms. The standard InChI is InChI=1S/C10H8ClFOS/c1-2-13-10-6-5-9(11)14-8(6)4-3-7(10)12/h3-5H,2H2,1H3. The summed E-state index contributed by atoms with van der Waals surface area (Å²) in [5.41, 5.74) is 0. The summed E-state index contributed by atoms with van der Waals surface area (Å²) in [7, 11) is 0. The summed E-state index contributed by atoms with van der Waals surface area (Å²) < 4.78 is 20.2. The zero-order valence-corrected chi connectivity index (χ0v) is 9.08. The molecule has 2 aromatic rings. The van der Waals surface area contributed by atoms with E-state index >= 15 is 0 Å². The molecule has 0 amide bonds. The lowest BCUT2D eigenvalue weighted by Crippen LogP contribution is -1.94. The van der Waals surface area contributed by atoms with Crippen LogP contribution in [0.25, 0.3) is 10.1 Å². The summed E-state index contributed by atoms with van der Waals surface area (Å²) in [5.74, 6) is -0.0398. The van der Waals surface area contributed by atoms with Gasteiger partial charge < -0.3 is 4.74 Å². The van der Waals surface area contributed by atoms with Crippen LogP contribution in [-0.4, -0.2) is 6.61 Å². The van der Waals surface area contributed by atoms with Gasteiger partial charge in [0.15, 0.2) is 11.6 Å². The van der Waals surface area contributed by atoms with Crippen LogP contribution in [0.1, 0.15) is 6.92 Å². The zero-order valence-electron chi connectivity index (χ0n) is 7.51. The molecule has 1 aromatic heterocycles. The lowest BCUT2D eigenvalue weighted by Gasteiger charge is -2.05. The van der Waals surface area contributed by atoms with Crippen LogP contribution in [0.4, 0.5) is 4.39 Å². The second-order valence-corrected chi connectivity index (χ2v) is 4.49. The van der Waals surface area contributed by atoms with Crippen LogP contribution in [-0.2, 0) is 0 Å². The van der Waals surface area contributed by atoms with Gasteiger partial charge in [0.05, 0.1) is 10.9 Å². The first-order valence-electron chi connectivity index (χ1n) is 4.22. The van der Waals surface area contributed by atoms with Gasteiger partial charge in [0.25, 0.3) is 0 Å². The average Bonchev–Trinajstić information content (AvgIpc) is 2.51. The molecular weight excluding hydrogens is 223 g/mol. The predicted octanol–water partition coefficient (Wildman–Crippen LogP) is 4.09. The molecule has 0 aliphatic rings. The summed E-state index contributed by atoms with van der Waals surface area (Å²) in [6.07, 6.45) is 0. The highest BCUT2D eigenvalue weighted by Gasteiger charge is 2.10. The van der Waals surface area contributed by atoms with Crippen LogP contribution in [0, 0.1) is 5.82 Å². The molecule has 2 rings (SSSR count). The Morgan fingerprint density at radius 3 is 3.00 bits per heavy atom. The number of ether oxygens (including phenoxy) is 1. The highest BCUT2D eigenvalue weighted by atomic mass is 35.5. The lowest BCUT2D eigenvalue weighted by atomic mass is 10.2. The van der Waals surface area contributed by atoms with Crippen LogP contribution in [0.15, 0.2) is 18.2 Å². The molecule has 1 heterocycles. The van der Waals surface area contributed by atoms with Crippen LogP contribution in [0.3, 0.4) is 0 Å². The molecule has 0 radical (unpaired) electrons. The Bertz CT molecular complexity index is 466. The van der Waals surface area contributed by atoms with Crippen molar-refractivity contribution in [3.63, 3.8) is 0 Å². The van der Waals surface area contributed by atoms with Gasteiger partial charge in [-0.25, -0.2) is 4.39 Å². The molecule has 0 spiro atoms. The van der Waals surface area contributed by atoms with E-state index in [1.165, 1.54) is 17.4 Å². The van der Waals surface area contributed by atoms with Gasteiger partial charge in [-0.2, -0.15) is 0 Å². The van der Waals surface area contributed by atoms with E-state index in [1.54, 1.807) is 12.1 Å². The van der Waals surface area contributed by atoms with E-state index < -0.39 is 0 Å². The molecule has 0 fully saturated rings.